The van der Waals surface area contributed by atoms with Gasteiger partial charge in [0.15, 0.2) is 0 Å². The van der Waals surface area contributed by atoms with Crippen LogP contribution in [-0.2, 0) is 15.1 Å². The van der Waals surface area contributed by atoms with Crippen LogP contribution in [0.15, 0.2) is 18.2 Å². The van der Waals surface area contributed by atoms with Gasteiger partial charge in [-0.1, -0.05) is 6.07 Å². The van der Waals surface area contributed by atoms with Crippen molar-refractivity contribution < 1.29 is 34.8 Å². The lowest BCUT2D eigenvalue weighted by Gasteiger charge is -2.27. The molecule has 1 aromatic carbocycles. The Balaban J connectivity index is 2.70. The number of aliphatic hydroxyl groups is 2. The fraction of sp³-hybridized carbons (Fsp3) is 0.529. The minimum atomic E-state index is -1.39. The summed E-state index contributed by atoms with van der Waals surface area (Å²) in [5.74, 6) is -1.95. The van der Waals surface area contributed by atoms with Crippen molar-refractivity contribution in [3.8, 4) is 5.75 Å². The predicted octanol–water partition coefficient (Wildman–Crippen LogP) is 1.78. The number of carbonyl (C=O) groups is 2. The molecule has 2 unspecified atom stereocenters. The van der Waals surface area contributed by atoms with E-state index < -0.39 is 23.1 Å². The lowest BCUT2D eigenvalue weighted by atomic mass is 9.87. The van der Waals surface area contributed by atoms with Crippen LogP contribution >= 0.6 is 0 Å². The van der Waals surface area contributed by atoms with Gasteiger partial charge in [-0.2, -0.15) is 0 Å². The Hall–Kier alpha value is -2.12. The van der Waals surface area contributed by atoms with E-state index in [2.05, 4.69) is 0 Å². The number of rotatable bonds is 8. The molecule has 1 rings (SSSR count). The van der Waals surface area contributed by atoms with Gasteiger partial charge in [-0.25, -0.2) is 4.79 Å². The van der Waals surface area contributed by atoms with Gasteiger partial charge in [0.1, 0.15) is 12.4 Å². The summed E-state index contributed by atoms with van der Waals surface area (Å²) in [6, 6.07) is 3.77. The van der Waals surface area contributed by atoms with Gasteiger partial charge in [0.25, 0.3) is 0 Å². The van der Waals surface area contributed by atoms with E-state index >= 15 is 0 Å². The molecule has 2 atom stereocenters. The highest BCUT2D eigenvalue weighted by atomic mass is 16.5. The SMILES string of the molecule is CC(=O)OCC(C)(O)CCCC(C)(O)c1ccc(C(=O)O)cc1O. The molecule has 0 amide bonds. The average Bonchev–Trinajstić information content (AvgIpc) is 2.44. The number of carbonyl (C=O) groups excluding carboxylic acids is 1. The highest BCUT2D eigenvalue weighted by molar-refractivity contribution is 5.88. The molecule has 0 saturated carbocycles. The molecular formula is C17H24O7. The third kappa shape index (κ3) is 5.82. The third-order valence-electron chi connectivity index (χ3n) is 3.79. The molecule has 0 radical (unpaired) electrons. The summed E-state index contributed by atoms with van der Waals surface area (Å²) in [7, 11) is 0. The Labute approximate surface area is 140 Å². The second kappa shape index (κ2) is 7.63. The van der Waals surface area contributed by atoms with Gasteiger partial charge < -0.3 is 25.2 Å². The summed E-state index contributed by atoms with van der Waals surface area (Å²) < 4.78 is 4.78. The zero-order valence-electron chi connectivity index (χ0n) is 14.1. The number of hydrogen-bond acceptors (Lipinski definition) is 6. The summed E-state index contributed by atoms with van der Waals surface area (Å²) in [6.07, 6.45) is 0.912. The second-order valence-corrected chi connectivity index (χ2v) is 6.44. The van der Waals surface area contributed by atoms with Crippen LogP contribution in [0.5, 0.6) is 5.75 Å². The van der Waals surface area contributed by atoms with Crippen molar-refractivity contribution in [2.75, 3.05) is 6.61 Å². The van der Waals surface area contributed by atoms with Crippen molar-refractivity contribution in [3.05, 3.63) is 29.3 Å². The van der Waals surface area contributed by atoms with Gasteiger partial charge in [0, 0.05) is 12.5 Å². The van der Waals surface area contributed by atoms with Gasteiger partial charge in [-0.15, -0.1) is 0 Å². The molecule has 7 nitrogen and oxygen atoms in total. The van der Waals surface area contributed by atoms with Gasteiger partial charge in [-0.3, -0.25) is 4.79 Å². The Kier molecular flexibility index (Phi) is 6.34. The number of carboxylic acids is 1. The van der Waals surface area contributed by atoms with Crippen LogP contribution in [0.1, 0.15) is 56.0 Å². The summed E-state index contributed by atoms with van der Waals surface area (Å²) >= 11 is 0. The van der Waals surface area contributed by atoms with E-state index in [-0.39, 0.29) is 36.3 Å². The Morgan fingerprint density at radius 2 is 1.79 bits per heavy atom. The smallest absolute Gasteiger partial charge is 0.335 e. The van der Waals surface area contributed by atoms with Crippen LogP contribution in [0, 0.1) is 0 Å². The molecule has 134 valence electrons. The van der Waals surface area contributed by atoms with E-state index in [1.165, 1.54) is 32.9 Å². The van der Waals surface area contributed by atoms with E-state index in [4.69, 9.17) is 9.84 Å². The van der Waals surface area contributed by atoms with E-state index in [0.717, 1.165) is 6.07 Å². The molecule has 0 aromatic heterocycles. The number of carboxylic acid groups (broad SMARTS) is 1. The second-order valence-electron chi connectivity index (χ2n) is 6.44. The minimum Gasteiger partial charge on any atom is -0.508 e. The van der Waals surface area contributed by atoms with Crippen LogP contribution in [0.3, 0.4) is 0 Å². The lowest BCUT2D eigenvalue weighted by molar-refractivity contribution is -0.148. The van der Waals surface area contributed by atoms with Crippen molar-refractivity contribution in [3.63, 3.8) is 0 Å². The summed E-state index contributed by atoms with van der Waals surface area (Å²) in [5, 5.41) is 39.5. The zero-order chi connectivity index (χ0) is 18.5. The van der Waals surface area contributed by atoms with Crippen molar-refractivity contribution >= 4 is 11.9 Å². The van der Waals surface area contributed by atoms with Gasteiger partial charge >= 0.3 is 11.9 Å². The minimum absolute atomic E-state index is 0.0728. The highest BCUT2D eigenvalue weighted by Crippen LogP contribution is 2.34. The summed E-state index contributed by atoms with van der Waals surface area (Å²) in [4.78, 5) is 21.6. The maximum absolute atomic E-state index is 10.9. The quantitative estimate of drug-likeness (QED) is 0.532. The largest absolute Gasteiger partial charge is 0.508 e. The van der Waals surface area contributed by atoms with Gasteiger partial charge in [0.2, 0.25) is 0 Å². The van der Waals surface area contributed by atoms with Crippen molar-refractivity contribution in [2.24, 2.45) is 0 Å². The first-order chi connectivity index (χ1) is 10.9. The summed E-state index contributed by atoms with van der Waals surface area (Å²) in [5.41, 5.74) is -2.46. The molecule has 4 N–H and O–H groups in total. The number of hydrogen-bond donors (Lipinski definition) is 4. The maximum Gasteiger partial charge on any atom is 0.335 e. The lowest BCUT2D eigenvalue weighted by Crippen LogP contribution is -2.32. The van der Waals surface area contributed by atoms with Gasteiger partial charge in [-0.05, 0) is 45.2 Å². The molecule has 0 aliphatic rings. The average molecular weight is 340 g/mol. The number of ether oxygens (including phenoxy) is 1. The third-order valence-corrected chi connectivity index (χ3v) is 3.79. The molecule has 7 heteroatoms. The number of phenolic OH excluding ortho intramolecular Hbond substituents is 1. The molecule has 24 heavy (non-hydrogen) atoms. The number of aromatic carboxylic acids is 1. The fourth-order valence-electron chi connectivity index (χ4n) is 2.40. The van der Waals surface area contributed by atoms with Gasteiger partial charge in [0.05, 0.1) is 16.8 Å². The first kappa shape index (κ1) is 19.9. The normalized spacial score (nSPS) is 16.0. The molecule has 0 bridgehead atoms. The van der Waals surface area contributed by atoms with Crippen LogP contribution < -0.4 is 0 Å². The monoisotopic (exact) mass is 340 g/mol. The van der Waals surface area contributed by atoms with Crippen LogP contribution in [0.25, 0.3) is 0 Å². The van der Waals surface area contributed by atoms with Crippen LogP contribution in [0.4, 0.5) is 0 Å². The first-order valence-electron chi connectivity index (χ1n) is 7.59. The topological polar surface area (TPSA) is 124 Å². The Morgan fingerprint density at radius 1 is 1.17 bits per heavy atom. The van der Waals surface area contributed by atoms with Crippen molar-refractivity contribution in [1.29, 1.82) is 0 Å². The molecule has 0 fully saturated rings. The molecule has 1 aromatic rings. The molecule has 0 spiro atoms. The standard InChI is InChI=1S/C17H24O7/c1-11(18)24-10-16(2,22)7-4-8-17(3,23)13-6-5-12(15(20)21)9-14(13)19/h5-6,9,19,22-23H,4,7-8,10H2,1-3H3,(H,20,21). The molecular weight excluding hydrogens is 316 g/mol. The Morgan fingerprint density at radius 3 is 2.29 bits per heavy atom. The Bertz CT molecular complexity index is 605. The van der Waals surface area contributed by atoms with Crippen molar-refractivity contribution in [1.82, 2.24) is 0 Å². The maximum atomic E-state index is 10.9. The first-order valence-corrected chi connectivity index (χ1v) is 7.59. The highest BCUT2D eigenvalue weighted by Gasteiger charge is 2.29. The van der Waals surface area contributed by atoms with E-state index in [9.17, 15) is 24.9 Å². The molecule has 0 heterocycles. The summed E-state index contributed by atoms with van der Waals surface area (Å²) in [6.45, 7) is 4.15. The fourth-order valence-corrected chi connectivity index (χ4v) is 2.40. The number of phenols is 1. The number of aromatic hydroxyl groups is 1. The van der Waals surface area contributed by atoms with E-state index in [1.54, 1.807) is 0 Å². The number of benzene rings is 1. The van der Waals surface area contributed by atoms with Crippen molar-refractivity contribution in [2.45, 2.75) is 51.2 Å². The number of esters is 1. The van der Waals surface area contributed by atoms with E-state index in [1.807, 2.05) is 0 Å². The van der Waals surface area contributed by atoms with E-state index in [0.29, 0.717) is 6.42 Å². The van der Waals surface area contributed by atoms with Crippen LogP contribution in [-0.4, -0.2) is 44.6 Å². The molecule has 0 aliphatic heterocycles. The van der Waals surface area contributed by atoms with Crippen LogP contribution in [0.2, 0.25) is 0 Å². The molecule has 0 aliphatic carbocycles. The zero-order valence-corrected chi connectivity index (χ0v) is 14.1. The predicted molar refractivity (Wildman–Crippen MR) is 85.7 cm³/mol. The molecule has 0 saturated heterocycles.